The molecular weight excluding hydrogens is 280 g/mol. The highest BCUT2D eigenvalue weighted by Gasteiger charge is 2.17. The standard InChI is InChI=1S/C13H16N2O4S/c1-3-5-8-6-9(12(20-8)13(16)17)18-7-11-14-10(4-2)15-19-11/h6H,3-5,7H2,1-2H3,(H,16,17). The van der Waals surface area contributed by atoms with Crippen molar-refractivity contribution in [2.24, 2.45) is 0 Å². The van der Waals surface area contributed by atoms with E-state index in [2.05, 4.69) is 10.1 Å². The van der Waals surface area contributed by atoms with Gasteiger partial charge in [0.05, 0.1) is 0 Å². The summed E-state index contributed by atoms with van der Waals surface area (Å²) >= 11 is 1.25. The molecule has 0 aromatic carbocycles. The normalized spacial score (nSPS) is 10.7. The molecule has 0 saturated carbocycles. The Hall–Kier alpha value is -1.89. The molecule has 2 rings (SSSR count). The Morgan fingerprint density at radius 3 is 2.90 bits per heavy atom. The predicted octanol–water partition coefficient (Wildman–Crippen LogP) is 2.92. The highest BCUT2D eigenvalue weighted by Crippen LogP contribution is 2.30. The number of aryl methyl sites for hydroxylation is 2. The summed E-state index contributed by atoms with van der Waals surface area (Å²) < 4.78 is 10.5. The number of carbonyl (C=O) groups is 1. The Morgan fingerprint density at radius 1 is 1.50 bits per heavy atom. The fourth-order valence-electron chi connectivity index (χ4n) is 1.68. The molecular formula is C13H16N2O4S. The Kier molecular flexibility index (Phi) is 4.73. The van der Waals surface area contributed by atoms with E-state index in [1.165, 1.54) is 11.3 Å². The van der Waals surface area contributed by atoms with Crippen LogP contribution in [0.25, 0.3) is 0 Å². The number of thiophene rings is 1. The van der Waals surface area contributed by atoms with Crippen LogP contribution in [0.3, 0.4) is 0 Å². The number of hydrogen-bond acceptors (Lipinski definition) is 6. The van der Waals surface area contributed by atoms with Crippen LogP contribution in [0.1, 0.15) is 46.5 Å². The number of aromatic carboxylic acids is 1. The number of carboxylic acids is 1. The second-order valence-corrected chi connectivity index (χ2v) is 5.34. The molecule has 2 aromatic heterocycles. The zero-order valence-electron chi connectivity index (χ0n) is 11.4. The zero-order chi connectivity index (χ0) is 14.5. The fourth-order valence-corrected chi connectivity index (χ4v) is 2.72. The third-order valence-corrected chi connectivity index (χ3v) is 3.78. The molecule has 2 aromatic rings. The maximum absolute atomic E-state index is 11.2. The van der Waals surface area contributed by atoms with Crippen LogP contribution in [-0.4, -0.2) is 21.2 Å². The summed E-state index contributed by atoms with van der Waals surface area (Å²) in [5.41, 5.74) is 0. The van der Waals surface area contributed by atoms with Gasteiger partial charge in [-0.3, -0.25) is 0 Å². The van der Waals surface area contributed by atoms with Gasteiger partial charge in [0, 0.05) is 11.3 Å². The molecule has 0 unspecified atom stereocenters. The Morgan fingerprint density at radius 2 is 2.30 bits per heavy atom. The third-order valence-electron chi connectivity index (χ3n) is 2.62. The maximum atomic E-state index is 11.2. The third kappa shape index (κ3) is 3.36. The first-order chi connectivity index (χ1) is 9.63. The Labute approximate surface area is 120 Å². The van der Waals surface area contributed by atoms with Gasteiger partial charge in [-0.25, -0.2) is 4.79 Å². The van der Waals surface area contributed by atoms with E-state index < -0.39 is 5.97 Å². The van der Waals surface area contributed by atoms with Crippen molar-refractivity contribution in [2.45, 2.75) is 39.7 Å². The van der Waals surface area contributed by atoms with Gasteiger partial charge >= 0.3 is 5.97 Å². The molecule has 0 bridgehead atoms. The van der Waals surface area contributed by atoms with Crippen molar-refractivity contribution >= 4 is 17.3 Å². The molecule has 0 atom stereocenters. The second-order valence-electron chi connectivity index (χ2n) is 4.21. The SMILES string of the molecule is CCCc1cc(OCc2nc(CC)no2)c(C(=O)O)s1. The van der Waals surface area contributed by atoms with Crippen molar-refractivity contribution in [3.05, 3.63) is 27.5 Å². The number of nitrogens with zero attached hydrogens (tertiary/aromatic N) is 2. The molecule has 2 heterocycles. The molecule has 0 aliphatic carbocycles. The van der Waals surface area contributed by atoms with Crippen molar-refractivity contribution in [3.63, 3.8) is 0 Å². The van der Waals surface area contributed by atoms with Crippen LogP contribution in [0.5, 0.6) is 5.75 Å². The van der Waals surface area contributed by atoms with Crippen molar-refractivity contribution in [2.75, 3.05) is 0 Å². The van der Waals surface area contributed by atoms with Crippen molar-refractivity contribution < 1.29 is 19.2 Å². The van der Waals surface area contributed by atoms with Crippen LogP contribution >= 0.6 is 11.3 Å². The van der Waals surface area contributed by atoms with Gasteiger partial charge in [-0.05, 0) is 12.5 Å². The predicted molar refractivity (Wildman–Crippen MR) is 73.3 cm³/mol. The number of rotatable bonds is 7. The second kappa shape index (κ2) is 6.51. The van der Waals surface area contributed by atoms with E-state index in [0.29, 0.717) is 23.9 Å². The van der Waals surface area contributed by atoms with Gasteiger partial charge in [0.15, 0.2) is 17.3 Å². The first kappa shape index (κ1) is 14.5. The summed E-state index contributed by atoms with van der Waals surface area (Å²) in [6.07, 6.45) is 2.49. The topological polar surface area (TPSA) is 85.5 Å². The first-order valence-electron chi connectivity index (χ1n) is 6.44. The maximum Gasteiger partial charge on any atom is 0.349 e. The van der Waals surface area contributed by atoms with E-state index in [0.717, 1.165) is 17.7 Å². The molecule has 0 aliphatic rings. The molecule has 0 amide bonds. The van der Waals surface area contributed by atoms with Gasteiger partial charge in [-0.2, -0.15) is 4.98 Å². The van der Waals surface area contributed by atoms with E-state index in [1.807, 2.05) is 13.8 Å². The van der Waals surface area contributed by atoms with E-state index >= 15 is 0 Å². The van der Waals surface area contributed by atoms with Crippen LogP contribution < -0.4 is 4.74 Å². The van der Waals surface area contributed by atoms with Gasteiger partial charge in [-0.15, -0.1) is 11.3 Å². The summed E-state index contributed by atoms with van der Waals surface area (Å²) in [5, 5.41) is 12.9. The smallest absolute Gasteiger partial charge is 0.349 e. The average Bonchev–Trinajstić information content (AvgIpc) is 3.03. The Bertz CT molecular complexity index is 591. The van der Waals surface area contributed by atoms with Crippen molar-refractivity contribution in [3.8, 4) is 5.75 Å². The molecule has 108 valence electrons. The van der Waals surface area contributed by atoms with Gasteiger partial charge < -0.3 is 14.4 Å². The minimum atomic E-state index is -0.980. The molecule has 7 heteroatoms. The summed E-state index contributed by atoms with van der Waals surface area (Å²) in [7, 11) is 0. The highest BCUT2D eigenvalue weighted by atomic mass is 32.1. The monoisotopic (exact) mass is 296 g/mol. The van der Waals surface area contributed by atoms with Crippen LogP contribution in [0, 0.1) is 0 Å². The van der Waals surface area contributed by atoms with Crippen LogP contribution in [0.2, 0.25) is 0 Å². The van der Waals surface area contributed by atoms with Gasteiger partial charge in [-0.1, -0.05) is 25.4 Å². The Balaban J connectivity index is 2.09. The molecule has 1 N–H and O–H groups in total. The lowest BCUT2D eigenvalue weighted by atomic mass is 10.3. The lowest BCUT2D eigenvalue weighted by molar-refractivity contribution is 0.0697. The molecule has 0 spiro atoms. The molecule has 0 fully saturated rings. The lowest BCUT2D eigenvalue weighted by Gasteiger charge is -2.01. The zero-order valence-corrected chi connectivity index (χ0v) is 12.2. The quantitative estimate of drug-likeness (QED) is 0.845. The number of carboxylic acid groups (broad SMARTS) is 1. The van der Waals surface area contributed by atoms with Crippen molar-refractivity contribution in [1.29, 1.82) is 0 Å². The van der Waals surface area contributed by atoms with Crippen LogP contribution in [0.4, 0.5) is 0 Å². The molecule has 0 radical (unpaired) electrons. The summed E-state index contributed by atoms with van der Waals surface area (Å²) in [5.74, 6) is 0.342. The van der Waals surface area contributed by atoms with E-state index in [4.69, 9.17) is 14.4 Å². The minimum absolute atomic E-state index is 0.0789. The summed E-state index contributed by atoms with van der Waals surface area (Å²) in [4.78, 5) is 16.5. The van der Waals surface area contributed by atoms with Gasteiger partial charge in [0.2, 0.25) is 0 Å². The highest BCUT2D eigenvalue weighted by molar-refractivity contribution is 7.14. The first-order valence-corrected chi connectivity index (χ1v) is 7.26. The summed E-state index contributed by atoms with van der Waals surface area (Å²) in [6.45, 7) is 4.05. The van der Waals surface area contributed by atoms with Gasteiger partial charge in [0.1, 0.15) is 5.75 Å². The van der Waals surface area contributed by atoms with Gasteiger partial charge in [0.25, 0.3) is 5.89 Å². The number of hydrogen-bond donors (Lipinski definition) is 1. The number of ether oxygens (including phenoxy) is 1. The molecule has 0 saturated heterocycles. The molecule has 0 aliphatic heterocycles. The van der Waals surface area contributed by atoms with Crippen molar-refractivity contribution in [1.82, 2.24) is 10.1 Å². The fraction of sp³-hybridized carbons (Fsp3) is 0.462. The minimum Gasteiger partial charge on any atom is -0.482 e. The van der Waals surface area contributed by atoms with Crippen LogP contribution in [-0.2, 0) is 19.4 Å². The average molecular weight is 296 g/mol. The number of aromatic nitrogens is 2. The van der Waals surface area contributed by atoms with E-state index in [-0.39, 0.29) is 11.5 Å². The summed E-state index contributed by atoms with van der Waals surface area (Å²) in [6, 6.07) is 1.77. The van der Waals surface area contributed by atoms with Crippen LogP contribution in [0.15, 0.2) is 10.6 Å². The molecule has 20 heavy (non-hydrogen) atoms. The lowest BCUT2D eigenvalue weighted by Crippen LogP contribution is -2.00. The van der Waals surface area contributed by atoms with E-state index in [1.54, 1.807) is 6.07 Å². The van der Waals surface area contributed by atoms with E-state index in [9.17, 15) is 4.79 Å². The molecule has 6 nitrogen and oxygen atoms in total. The largest absolute Gasteiger partial charge is 0.482 e.